The number of unbranched alkanes of at least 4 members (excludes halogenated alkanes) is 17. The number of nitrogens with zero attached hydrogens (tertiary/aromatic N) is 1. The van der Waals surface area contributed by atoms with E-state index in [1.165, 1.54) is 103 Å². The lowest BCUT2D eigenvalue weighted by Gasteiger charge is -2.25. The Morgan fingerprint density at radius 3 is 1.62 bits per heavy atom. The largest absolute Gasteiger partial charge is 0.472 e. The number of aliphatic hydroxyl groups excluding tert-OH is 1. The Morgan fingerprint density at radius 2 is 1.15 bits per heavy atom. The van der Waals surface area contributed by atoms with Crippen LogP contribution >= 0.6 is 7.82 Å². The van der Waals surface area contributed by atoms with Crippen LogP contribution in [-0.4, -0.2) is 73.4 Å². The van der Waals surface area contributed by atoms with Gasteiger partial charge in [-0.05, 0) is 44.9 Å². The van der Waals surface area contributed by atoms with Gasteiger partial charge in [-0.3, -0.25) is 13.8 Å². The van der Waals surface area contributed by atoms with Crippen LogP contribution in [0.15, 0.2) is 36.5 Å². The molecule has 0 aromatic rings. The molecule has 9 heteroatoms. The van der Waals surface area contributed by atoms with Crippen LogP contribution in [0.2, 0.25) is 0 Å². The van der Waals surface area contributed by atoms with Crippen molar-refractivity contribution in [1.82, 2.24) is 5.32 Å². The van der Waals surface area contributed by atoms with E-state index in [1.807, 2.05) is 34.1 Å². The molecule has 48 heavy (non-hydrogen) atoms. The van der Waals surface area contributed by atoms with Crippen molar-refractivity contribution in [3.8, 4) is 0 Å². The maximum absolute atomic E-state index is 12.3. The van der Waals surface area contributed by atoms with Gasteiger partial charge < -0.3 is 19.8 Å². The van der Waals surface area contributed by atoms with Crippen LogP contribution < -0.4 is 5.32 Å². The van der Waals surface area contributed by atoms with Crippen molar-refractivity contribution >= 4 is 13.7 Å². The molecule has 3 unspecified atom stereocenters. The average molecular weight is 700 g/mol. The molecular weight excluding hydrogens is 623 g/mol. The number of carbonyl (C=O) groups is 1. The van der Waals surface area contributed by atoms with Crippen molar-refractivity contribution in [3.05, 3.63) is 36.5 Å². The van der Waals surface area contributed by atoms with Crippen molar-refractivity contribution < 1.29 is 32.9 Å². The Balaban J connectivity index is 4.01. The number of nitrogens with one attached hydrogen (secondary N) is 1. The molecule has 282 valence electrons. The average Bonchev–Trinajstić information content (AvgIpc) is 3.02. The van der Waals surface area contributed by atoms with Crippen LogP contribution in [0.25, 0.3) is 0 Å². The smallest absolute Gasteiger partial charge is 0.387 e. The molecule has 0 aliphatic carbocycles. The molecule has 0 spiro atoms. The van der Waals surface area contributed by atoms with E-state index in [1.54, 1.807) is 6.08 Å². The van der Waals surface area contributed by atoms with Gasteiger partial charge in [0.2, 0.25) is 5.91 Å². The van der Waals surface area contributed by atoms with Gasteiger partial charge in [-0.1, -0.05) is 140 Å². The minimum atomic E-state index is -4.31. The Morgan fingerprint density at radius 1 is 0.688 bits per heavy atom. The number of likely N-dealkylation sites (N-methyl/N-ethyl adjacent to an activating group) is 1. The highest BCUT2D eigenvalue weighted by atomic mass is 31.2. The quantitative estimate of drug-likeness (QED) is 0.0267. The van der Waals surface area contributed by atoms with Gasteiger partial charge in [0.15, 0.2) is 0 Å². The summed E-state index contributed by atoms with van der Waals surface area (Å²) in [5.74, 6) is -0.246. The molecule has 0 aliphatic heterocycles. The van der Waals surface area contributed by atoms with Gasteiger partial charge in [0.05, 0.1) is 39.9 Å². The molecule has 0 heterocycles. The molecule has 0 saturated carbocycles. The zero-order valence-electron chi connectivity index (χ0n) is 31.7. The summed E-state index contributed by atoms with van der Waals surface area (Å²) in [5, 5.41) is 13.4. The van der Waals surface area contributed by atoms with Crippen molar-refractivity contribution in [2.24, 2.45) is 0 Å². The summed E-state index contributed by atoms with van der Waals surface area (Å²) in [6.07, 6.45) is 38.2. The van der Waals surface area contributed by atoms with E-state index in [-0.39, 0.29) is 19.1 Å². The summed E-state index contributed by atoms with van der Waals surface area (Å²) in [6, 6.07) is -0.862. The van der Waals surface area contributed by atoms with E-state index in [9.17, 15) is 19.4 Å². The lowest BCUT2D eigenvalue weighted by atomic mass is 10.0. The molecule has 0 aromatic carbocycles. The highest BCUT2D eigenvalue weighted by Gasteiger charge is 2.27. The lowest BCUT2D eigenvalue weighted by Crippen LogP contribution is -2.45. The predicted octanol–water partition coefficient (Wildman–Crippen LogP) is 9.96. The van der Waals surface area contributed by atoms with Gasteiger partial charge in [0, 0.05) is 6.42 Å². The van der Waals surface area contributed by atoms with Crippen LogP contribution in [0.3, 0.4) is 0 Å². The lowest BCUT2D eigenvalue weighted by molar-refractivity contribution is -0.870. The fraction of sp³-hybridized carbons (Fsp3) is 0.821. The normalized spacial score (nSPS) is 15.1. The topological polar surface area (TPSA) is 105 Å². The number of hydrogen-bond donors (Lipinski definition) is 3. The number of phosphoric acid groups is 1. The maximum Gasteiger partial charge on any atom is 0.472 e. The molecule has 0 aromatic heterocycles. The standard InChI is InChI=1S/C39H75N2O6P/c1-6-8-9-10-11-12-13-14-15-16-17-18-19-20-21-22-23-24-25-26-27-28-29-30-31-33-38(42)37(40-39(43)32-7-2)36-47-48(44,45)46-35-34-41(3,4)5/h23-24,27-28,31,33,37-38,42H,6-22,25-26,29-30,32,34-36H2,1-5H3,(H-,40,43,44,45)/p+1/b24-23+,28-27+,33-31+. The second-order valence-corrected chi connectivity index (χ2v) is 15.7. The van der Waals surface area contributed by atoms with Gasteiger partial charge in [-0.2, -0.15) is 0 Å². The molecule has 8 nitrogen and oxygen atoms in total. The number of carbonyl (C=O) groups excluding carboxylic acids is 1. The fourth-order valence-corrected chi connectivity index (χ4v) is 5.97. The monoisotopic (exact) mass is 700 g/mol. The van der Waals surface area contributed by atoms with E-state index in [0.29, 0.717) is 23.9 Å². The predicted molar refractivity (Wildman–Crippen MR) is 203 cm³/mol. The first kappa shape index (κ1) is 46.7. The maximum atomic E-state index is 12.3. The van der Waals surface area contributed by atoms with Crippen LogP contribution in [0.1, 0.15) is 155 Å². The highest BCUT2D eigenvalue weighted by molar-refractivity contribution is 7.47. The SMILES string of the molecule is CCCCCCCCCCCCCCCCC/C=C/CC/C=C/CC/C=C/C(O)C(COP(=O)(O)OCC[N+](C)(C)C)NC(=O)CCC. The summed E-state index contributed by atoms with van der Waals surface area (Å²) in [7, 11) is 1.53. The summed E-state index contributed by atoms with van der Waals surface area (Å²) >= 11 is 0. The van der Waals surface area contributed by atoms with E-state index in [4.69, 9.17) is 9.05 Å². The number of phosphoric ester groups is 1. The molecule has 0 fully saturated rings. The van der Waals surface area contributed by atoms with E-state index >= 15 is 0 Å². The van der Waals surface area contributed by atoms with Crippen LogP contribution in [0.4, 0.5) is 0 Å². The summed E-state index contributed by atoms with van der Waals surface area (Å²) < 4.78 is 23.0. The Hall–Kier alpha value is -1.28. The minimum Gasteiger partial charge on any atom is -0.387 e. The molecular formula is C39H76N2O6P+. The summed E-state index contributed by atoms with van der Waals surface area (Å²) in [4.78, 5) is 22.2. The van der Waals surface area contributed by atoms with Crippen molar-refractivity contribution in [1.29, 1.82) is 0 Å². The number of amides is 1. The Labute approximate surface area is 296 Å². The summed E-state index contributed by atoms with van der Waals surface area (Å²) in [5.41, 5.74) is 0. The zero-order chi connectivity index (χ0) is 35.8. The number of rotatable bonds is 34. The van der Waals surface area contributed by atoms with Crippen LogP contribution in [0, 0.1) is 0 Å². The highest BCUT2D eigenvalue weighted by Crippen LogP contribution is 2.43. The molecule has 0 bridgehead atoms. The van der Waals surface area contributed by atoms with Gasteiger partial charge in [-0.15, -0.1) is 0 Å². The first-order chi connectivity index (χ1) is 23.0. The number of allylic oxidation sites excluding steroid dienone is 5. The molecule has 3 atom stereocenters. The number of aliphatic hydroxyl groups is 1. The van der Waals surface area contributed by atoms with E-state index < -0.39 is 20.0 Å². The van der Waals surface area contributed by atoms with Gasteiger partial charge in [0.1, 0.15) is 13.2 Å². The third-order valence-electron chi connectivity index (χ3n) is 8.31. The third kappa shape index (κ3) is 33.2. The van der Waals surface area contributed by atoms with E-state index in [0.717, 1.165) is 25.7 Å². The van der Waals surface area contributed by atoms with Crippen LogP contribution in [-0.2, 0) is 18.4 Å². The van der Waals surface area contributed by atoms with E-state index in [2.05, 4.69) is 36.5 Å². The Kier molecular flexibility index (Phi) is 30.8. The first-order valence-electron chi connectivity index (χ1n) is 19.4. The molecule has 3 N–H and O–H groups in total. The van der Waals surface area contributed by atoms with Crippen molar-refractivity contribution in [2.75, 3.05) is 40.9 Å². The van der Waals surface area contributed by atoms with Gasteiger partial charge in [-0.25, -0.2) is 4.57 Å². The van der Waals surface area contributed by atoms with Gasteiger partial charge >= 0.3 is 7.82 Å². The molecule has 0 saturated heterocycles. The molecule has 0 radical (unpaired) electrons. The van der Waals surface area contributed by atoms with Crippen molar-refractivity contribution in [2.45, 2.75) is 167 Å². The molecule has 1 amide bonds. The minimum absolute atomic E-state index is 0.0516. The molecule has 0 rings (SSSR count). The summed E-state index contributed by atoms with van der Waals surface area (Å²) in [6.45, 7) is 4.41. The number of quaternary nitrogens is 1. The fourth-order valence-electron chi connectivity index (χ4n) is 5.23. The van der Waals surface area contributed by atoms with Gasteiger partial charge in [0.25, 0.3) is 0 Å². The zero-order valence-corrected chi connectivity index (χ0v) is 32.6. The van der Waals surface area contributed by atoms with Crippen LogP contribution in [0.5, 0.6) is 0 Å². The van der Waals surface area contributed by atoms with Crippen molar-refractivity contribution in [3.63, 3.8) is 0 Å². The third-order valence-corrected chi connectivity index (χ3v) is 9.29. The second-order valence-electron chi connectivity index (χ2n) is 14.3. The Bertz CT molecular complexity index is 886. The second kappa shape index (κ2) is 31.7. The molecule has 0 aliphatic rings. The first-order valence-corrected chi connectivity index (χ1v) is 20.9. The number of hydrogen-bond acceptors (Lipinski definition) is 5.